The summed E-state index contributed by atoms with van der Waals surface area (Å²) in [5.74, 6) is 0.483. The van der Waals surface area contributed by atoms with E-state index in [2.05, 4.69) is 22.3 Å². The van der Waals surface area contributed by atoms with E-state index in [9.17, 15) is 9.18 Å². The summed E-state index contributed by atoms with van der Waals surface area (Å²) in [6.45, 7) is 8.81. The van der Waals surface area contributed by atoms with Crippen LogP contribution in [0, 0.1) is 5.82 Å². The van der Waals surface area contributed by atoms with Crippen LogP contribution in [-0.4, -0.2) is 49.9 Å². The van der Waals surface area contributed by atoms with Gasteiger partial charge in [-0.1, -0.05) is 30.3 Å². The normalized spacial score (nSPS) is 16.4. The molecule has 1 heterocycles. The van der Waals surface area contributed by atoms with Crippen LogP contribution in [0.25, 0.3) is 0 Å². The number of piperidine rings is 1. The van der Waals surface area contributed by atoms with E-state index < -0.39 is 5.60 Å². The summed E-state index contributed by atoms with van der Waals surface area (Å²) in [5, 5.41) is 2.82. The molecule has 0 atom stereocenters. The summed E-state index contributed by atoms with van der Waals surface area (Å²) < 4.78 is 25.2. The lowest BCUT2D eigenvalue weighted by molar-refractivity contribution is 0.0525. The number of halogens is 1. The summed E-state index contributed by atoms with van der Waals surface area (Å²) >= 11 is 0. The number of alkyl carbamates (subject to hydrolysis) is 1. The van der Waals surface area contributed by atoms with Gasteiger partial charge in [0, 0.05) is 17.5 Å². The molecule has 6 heteroatoms. The minimum Gasteiger partial charge on any atom is -0.496 e. The lowest BCUT2D eigenvalue weighted by Crippen LogP contribution is -2.44. The third kappa shape index (κ3) is 6.00. The third-order valence-electron chi connectivity index (χ3n) is 6.03. The van der Waals surface area contributed by atoms with Crippen molar-refractivity contribution in [1.82, 2.24) is 10.2 Å². The molecular weight excluding hydrogens is 407 g/mol. The molecule has 0 radical (unpaired) electrons. The van der Waals surface area contributed by atoms with Crippen LogP contribution in [0.15, 0.2) is 48.5 Å². The van der Waals surface area contributed by atoms with Crippen molar-refractivity contribution < 1.29 is 18.7 Å². The fourth-order valence-electron chi connectivity index (χ4n) is 4.49. The summed E-state index contributed by atoms with van der Waals surface area (Å²) in [4.78, 5) is 14.2. The molecule has 32 heavy (non-hydrogen) atoms. The minimum atomic E-state index is -0.490. The number of carbonyl (C=O) groups is 1. The van der Waals surface area contributed by atoms with Crippen molar-refractivity contribution in [3.05, 3.63) is 65.5 Å². The van der Waals surface area contributed by atoms with E-state index in [1.165, 1.54) is 11.6 Å². The predicted octanol–water partition coefficient (Wildman–Crippen LogP) is 5.13. The van der Waals surface area contributed by atoms with Crippen LogP contribution < -0.4 is 10.1 Å². The topological polar surface area (TPSA) is 50.8 Å². The van der Waals surface area contributed by atoms with Crippen molar-refractivity contribution >= 4 is 6.09 Å². The number of ether oxygens (including phenoxy) is 2. The molecule has 1 fully saturated rings. The second-order valence-electron chi connectivity index (χ2n) is 9.42. The Bertz CT molecular complexity index is 888. The molecule has 174 valence electrons. The van der Waals surface area contributed by atoms with Crippen LogP contribution in [0.1, 0.15) is 51.2 Å². The zero-order chi connectivity index (χ0) is 23.2. The molecule has 3 rings (SSSR count). The van der Waals surface area contributed by atoms with E-state index in [1.54, 1.807) is 19.2 Å². The summed E-state index contributed by atoms with van der Waals surface area (Å²) in [5.41, 5.74) is 1.32. The van der Waals surface area contributed by atoms with Gasteiger partial charge in [-0.3, -0.25) is 0 Å². The second-order valence-corrected chi connectivity index (χ2v) is 9.42. The van der Waals surface area contributed by atoms with Gasteiger partial charge < -0.3 is 19.7 Å². The van der Waals surface area contributed by atoms with Crippen molar-refractivity contribution in [2.24, 2.45) is 0 Å². The number of likely N-dealkylation sites (tertiary alicyclic amines) is 1. The molecule has 0 aromatic heterocycles. The van der Waals surface area contributed by atoms with Gasteiger partial charge >= 0.3 is 6.09 Å². The number of hydrogen-bond acceptors (Lipinski definition) is 4. The molecule has 1 N–H and O–H groups in total. The average molecular weight is 443 g/mol. The molecule has 0 aliphatic carbocycles. The first-order chi connectivity index (χ1) is 15.2. The Morgan fingerprint density at radius 1 is 1.12 bits per heavy atom. The number of amides is 1. The lowest BCUT2D eigenvalue weighted by Gasteiger charge is -2.43. The van der Waals surface area contributed by atoms with Gasteiger partial charge in [-0.2, -0.15) is 0 Å². The van der Waals surface area contributed by atoms with E-state index in [4.69, 9.17) is 9.47 Å². The predicted molar refractivity (Wildman–Crippen MR) is 125 cm³/mol. The van der Waals surface area contributed by atoms with Crippen LogP contribution >= 0.6 is 0 Å². The van der Waals surface area contributed by atoms with Crippen LogP contribution in [0.2, 0.25) is 0 Å². The number of hydrogen-bond donors (Lipinski definition) is 1. The summed E-state index contributed by atoms with van der Waals surface area (Å²) in [7, 11) is 1.64. The van der Waals surface area contributed by atoms with Crippen molar-refractivity contribution in [2.45, 2.75) is 51.0 Å². The quantitative estimate of drug-likeness (QED) is 0.604. The maximum absolute atomic E-state index is 14.3. The SMILES string of the molecule is COc1ccc(F)cc1C1(c2ccccc2)CCN(CCCNC(=O)OC(C)(C)C)CC1. The van der Waals surface area contributed by atoms with E-state index >= 15 is 0 Å². The Hall–Kier alpha value is -2.60. The number of nitrogens with zero attached hydrogens (tertiary/aromatic N) is 1. The van der Waals surface area contributed by atoms with Crippen LogP contribution in [0.4, 0.5) is 9.18 Å². The highest BCUT2D eigenvalue weighted by Crippen LogP contribution is 2.45. The monoisotopic (exact) mass is 442 g/mol. The first-order valence-electron chi connectivity index (χ1n) is 11.3. The molecule has 0 spiro atoms. The average Bonchev–Trinajstić information content (AvgIpc) is 2.76. The molecule has 0 bridgehead atoms. The zero-order valence-electron chi connectivity index (χ0n) is 19.6. The van der Waals surface area contributed by atoms with Crippen molar-refractivity contribution in [3.8, 4) is 5.75 Å². The number of benzene rings is 2. The molecule has 0 unspecified atom stereocenters. The van der Waals surface area contributed by atoms with Crippen LogP contribution in [-0.2, 0) is 10.2 Å². The van der Waals surface area contributed by atoms with Gasteiger partial charge in [0.1, 0.15) is 17.2 Å². The lowest BCUT2D eigenvalue weighted by atomic mass is 9.67. The molecule has 1 amide bonds. The molecule has 1 aliphatic heterocycles. The Balaban J connectivity index is 1.66. The maximum Gasteiger partial charge on any atom is 0.407 e. The highest BCUT2D eigenvalue weighted by molar-refractivity contribution is 5.67. The number of nitrogens with one attached hydrogen (secondary N) is 1. The molecule has 2 aromatic carbocycles. The molecular formula is C26H35FN2O3. The minimum absolute atomic E-state index is 0.244. The molecule has 5 nitrogen and oxygen atoms in total. The second kappa shape index (κ2) is 10.3. The van der Waals surface area contributed by atoms with Gasteiger partial charge in [0.2, 0.25) is 0 Å². The van der Waals surface area contributed by atoms with Crippen molar-refractivity contribution in [3.63, 3.8) is 0 Å². The van der Waals surface area contributed by atoms with Gasteiger partial charge in [-0.25, -0.2) is 9.18 Å². The highest BCUT2D eigenvalue weighted by Gasteiger charge is 2.40. The number of rotatable bonds is 7. The Morgan fingerprint density at radius 3 is 2.44 bits per heavy atom. The Labute approximate surface area is 190 Å². The standard InChI is InChI=1S/C26H35FN2O3/c1-25(2,3)32-24(30)28-15-8-16-29-17-13-26(14-18-29,20-9-6-5-7-10-20)22-19-21(27)11-12-23(22)31-4/h5-7,9-12,19H,8,13-18H2,1-4H3,(H,28,30). The molecule has 1 aliphatic rings. The summed E-state index contributed by atoms with van der Waals surface area (Å²) in [6, 6.07) is 15.2. The zero-order valence-corrected chi connectivity index (χ0v) is 19.6. The smallest absolute Gasteiger partial charge is 0.407 e. The first-order valence-corrected chi connectivity index (χ1v) is 11.3. The fourth-order valence-corrected chi connectivity index (χ4v) is 4.49. The van der Waals surface area contributed by atoms with E-state index in [-0.39, 0.29) is 17.3 Å². The fraction of sp³-hybridized carbons (Fsp3) is 0.500. The van der Waals surface area contributed by atoms with Gasteiger partial charge in [0.05, 0.1) is 7.11 Å². The maximum atomic E-state index is 14.3. The number of carbonyl (C=O) groups excluding carboxylic acids is 1. The number of methoxy groups -OCH3 is 1. The van der Waals surface area contributed by atoms with E-state index in [1.807, 2.05) is 39.0 Å². The largest absolute Gasteiger partial charge is 0.496 e. The van der Waals surface area contributed by atoms with E-state index in [0.29, 0.717) is 6.54 Å². The first kappa shape index (κ1) is 24.1. The molecule has 2 aromatic rings. The van der Waals surface area contributed by atoms with Gasteiger partial charge in [0.15, 0.2) is 0 Å². The highest BCUT2D eigenvalue weighted by atomic mass is 19.1. The third-order valence-corrected chi connectivity index (χ3v) is 6.03. The van der Waals surface area contributed by atoms with E-state index in [0.717, 1.165) is 50.2 Å². The van der Waals surface area contributed by atoms with Gasteiger partial charge in [0.25, 0.3) is 0 Å². The van der Waals surface area contributed by atoms with Crippen LogP contribution in [0.5, 0.6) is 5.75 Å². The van der Waals surface area contributed by atoms with Gasteiger partial charge in [-0.05, 0) is 83.4 Å². The van der Waals surface area contributed by atoms with Crippen molar-refractivity contribution in [1.29, 1.82) is 0 Å². The van der Waals surface area contributed by atoms with Crippen LogP contribution in [0.3, 0.4) is 0 Å². The Kier molecular flexibility index (Phi) is 7.77. The van der Waals surface area contributed by atoms with Gasteiger partial charge in [-0.15, -0.1) is 0 Å². The molecule has 0 saturated carbocycles. The molecule has 1 saturated heterocycles. The summed E-state index contributed by atoms with van der Waals surface area (Å²) in [6.07, 6.45) is 2.21. The van der Waals surface area contributed by atoms with Crippen molar-refractivity contribution in [2.75, 3.05) is 33.3 Å². The Morgan fingerprint density at radius 2 is 1.81 bits per heavy atom.